The number of nitriles is 1. The van der Waals surface area contributed by atoms with Crippen LogP contribution in [0.3, 0.4) is 0 Å². The fourth-order valence-corrected chi connectivity index (χ4v) is 3.02. The topological polar surface area (TPSA) is 101 Å². The summed E-state index contributed by atoms with van der Waals surface area (Å²) in [5, 5.41) is 12.5. The zero-order valence-corrected chi connectivity index (χ0v) is 16.1. The number of nitrogens with one attached hydrogen (secondary N) is 1. The van der Waals surface area contributed by atoms with Gasteiger partial charge in [0.25, 0.3) is 0 Å². The summed E-state index contributed by atoms with van der Waals surface area (Å²) in [6.45, 7) is 3.60. The van der Waals surface area contributed by atoms with Crippen LogP contribution in [0.25, 0.3) is 0 Å². The van der Waals surface area contributed by atoms with E-state index in [0.29, 0.717) is 22.2 Å². The summed E-state index contributed by atoms with van der Waals surface area (Å²) >= 11 is 1.13. The molecule has 1 aromatic heterocycles. The molecular weight excluding hydrogens is 366 g/mol. The molecule has 0 saturated heterocycles. The molecule has 8 heteroatoms. The Kier molecular flexibility index (Phi) is 7.20. The Morgan fingerprint density at radius 1 is 1.33 bits per heavy atom. The van der Waals surface area contributed by atoms with Crippen molar-refractivity contribution in [1.82, 2.24) is 4.98 Å². The van der Waals surface area contributed by atoms with E-state index in [1.165, 1.54) is 6.07 Å². The number of nitrogens with zero attached hydrogens (tertiary/aromatic N) is 2. The molecule has 1 amide bonds. The monoisotopic (exact) mass is 385 g/mol. The maximum Gasteiger partial charge on any atom is 0.340 e. The molecule has 140 valence electrons. The number of pyridine rings is 1. The predicted octanol–water partition coefficient (Wildman–Crippen LogP) is 3.18. The number of ether oxygens (including phenoxy) is 2. The van der Waals surface area contributed by atoms with Crippen molar-refractivity contribution < 1.29 is 19.1 Å². The van der Waals surface area contributed by atoms with Crippen LogP contribution in [0.5, 0.6) is 5.75 Å². The first-order chi connectivity index (χ1) is 13.0. The molecule has 0 fully saturated rings. The number of carbonyl (C=O) groups is 2. The van der Waals surface area contributed by atoms with Crippen LogP contribution in [0.15, 0.2) is 35.4 Å². The Balaban J connectivity index is 2.08. The van der Waals surface area contributed by atoms with E-state index < -0.39 is 5.97 Å². The van der Waals surface area contributed by atoms with Crippen molar-refractivity contribution in [2.24, 2.45) is 0 Å². The Hall–Kier alpha value is -3.05. The summed E-state index contributed by atoms with van der Waals surface area (Å²) in [5.41, 5.74) is 1.53. The second kappa shape index (κ2) is 9.59. The number of thioether (sulfide) groups is 1. The highest BCUT2D eigenvalue weighted by Crippen LogP contribution is 2.24. The number of hydrogen-bond donors (Lipinski definition) is 1. The van der Waals surface area contributed by atoms with Gasteiger partial charge in [0, 0.05) is 11.8 Å². The average molecular weight is 385 g/mol. The van der Waals surface area contributed by atoms with Crippen LogP contribution in [0.2, 0.25) is 0 Å². The third-order valence-corrected chi connectivity index (χ3v) is 4.48. The van der Waals surface area contributed by atoms with Crippen LogP contribution in [0.1, 0.15) is 28.5 Å². The number of anilines is 1. The Labute approximate surface area is 161 Å². The summed E-state index contributed by atoms with van der Waals surface area (Å²) in [6.07, 6.45) is 0. The smallest absolute Gasteiger partial charge is 0.340 e. The van der Waals surface area contributed by atoms with Crippen LogP contribution >= 0.6 is 11.8 Å². The SMILES string of the molecule is CCOC(=O)c1cc(C#N)c(SCC(=O)Nc2cccc(OC)c2)nc1C. The lowest BCUT2D eigenvalue weighted by Crippen LogP contribution is -2.14. The molecule has 0 aliphatic heterocycles. The number of aryl methyl sites for hydroxylation is 1. The minimum Gasteiger partial charge on any atom is -0.497 e. The molecule has 1 N–H and O–H groups in total. The zero-order chi connectivity index (χ0) is 19.8. The highest BCUT2D eigenvalue weighted by Gasteiger charge is 2.17. The van der Waals surface area contributed by atoms with Gasteiger partial charge >= 0.3 is 5.97 Å². The van der Waals surface area contributed by atoms with Crippen molar-refractivity contribution in [3.63, 3.8) is 0 Å². The van der Waals surface area contributed by atoms with E-state index in [0.717, 1.165) is 11.8 Å². The first kappa shape index (κ1) is 20.3. The first-order valence-electron chi connectivity index (χ1n) is 8.14. The standard InChI is InChI=1S/C19H19N3O4S/c1-4-26-19(24)16-8-13(10-20)18(21-12(16)2)27-11-17(23)22-14-6-5-7-15(9-14)25-3/h5-9H,4,11H2,1-3H3,(H,22,23). The minimum absolute atomic E-state index is 0.0666. The molecule has 1 aromatic carbocycles. The maximum atomic E-state index is 12.2. The van der Waals surface area contributed by atoms with Gasteiger partial charge in [-0.2, -0.15) is 5.26 Å². The number of amides is 1. The number of methoxy groups -OCH3 is 1. The number of aromatic nitrogens is 1. The summed E-state index contributed by atoms with van der Waals surface area (Å²) in [4.78, 5) is 28.4. The quantitative estimate of drug-likeness (QED) is 0.577. The summed E-state index contributed by atoms with van der Waals surface area (Å²) in [6, 6.07) is 10.5. The molecule has 0 atom stereocenters. The summed E-state index contributed by atoms with van der Waals surface area (Å²) in [7, 11) is 1.55. The molecule has 0 aliphatic rings. The molecule has 27 heavy (non-hydrogen) atoms. The molecule has 7 nitrogen and oxygen atoms in total. The predicted molar refractivity (Wildman–Crippen MR) is 102 cm³/mol. The lowest BCUT2D eigenvalue weighted by atomic mass is 10.1. The van der Waals surface area contributed by atoms with Gasteiger partial charge in [-0.15, -0.1) is 0 Å². The van der Waals surface area contributed by atoms with Crippen LogP contribution in [-0.4, -0.2) is 36.3 Å². The fraction of sp³-hybridized carbons (Fsp3) is 0.263. The number of carbonyl (C=O) groups excluding carboxylic acids is 2. The van der Waals surface area contributed by atoms with Crippen molar-refractivity contribution in [3.05, 3.63) is 47.2 Å². The normalized spacial score (nSPS) is 10.0. The van der Waals surface area contributed by atoms with Gasteiger partial charge in [-0.3, -0.25) is 4.79 Å². The summed E-state index contributed by atoms with van der Waals surface area (Å²) in [5.74, 6) is -0.0617. The molecule has 0 unspecified atom stereocenters. The Bertz CT molecular complexity index is 893. The maximum absolute atomic E-state index is 12.2. The molecule has 2 aromatic rings. The van der Waals surface area contributed by atoms with Gasteiger partial charge in [-0.1, -0.05) is 17.8 Å². The second-order valence-electron chi connectivity index (χ2n) is 5.38. The second-order valence-corrected chi connectivity index (χ2v) is 6.34. The van der Waals surface area contributed by atoms with Gasteiger partial charge in [0.15, 0.2) is 0 Å². The highest BCUT2D eigenvalue weighted by atomic mass is 32.2. The van der Waals surface area contributed by atoms with Crippen molar-refractivity contribution in [2.45, 2.75) is 18.9 Å². The first-order valence-corrected chi connectivity index (χ1v) is 9.12. The van der Waals surface area contributed by atoms with E-state index >= 15 is 0 Å². The van der Waals surface area contributed by atoms with E-state index in [1.54, 1.807) is 45.2 Å². The third kappa shape index (κ3) is 5.46. The lowest BCUT2D eigenvalue weighted by molar-refractivity contribution is -0.113. The largest absolute Gasteiger partial charge is 0.497 e. The van der Waals surface area contributed by atoms with Gasteiger partial charge < -0.3 is 14.8 Å². The van der Waals surface area contributed by atoms with E-state index in [9.17, 15) is 14.9 Å². The Morgan fingerprint density at radius 2 is 2.11 bits per heavy atom. The average Bonchev–Trinajstić information content (AvgIpc) is 2.66. The molecule has 0 saturated carbocycles. The van der Waals surface area contributed by atoms with Crippen molar-refractivity contribution in [2.75, 3.05) is 24.8 Å². The number of hydrogen-bond acceptors (Lipinski definition) is 7. The van der Waals surface area contributed by atoms with Gasteiger partial charge in [-0.05, 0) is 32.0 Å². The van der Waals surface area contributed by atoms with Crippen molar-refractivity contribution in [1.29, 1.82) is 5.26 Å². The number of benzene rings is 1. The molecule has 0 bridgehead atoms. The van der Waals surface area contributed by atoms with Gasteiger partial charge in [-0.25, -0.2) is 9.78 Å². The molecule has 0 aliphatic carbocycles. The molecule has 0 radical (unpaired) electrons. The van der Waals surface area contributed by atoms with E-state index in [4.69, 9.17) is 9.47 Å². The molecule has 2 rings (SSSR count). The van der Waals surface area contributed by atoms with E-state index in [2.05, 4.69) is 10.3 Å². The molecular formula is C19H19N3O4S. The van der Waals surface area contributed by atoms with Crippen LogP contribution in [-0.2, 0) is 9.53 Å². The lowest BCUT2D eigenvalue weighted by Gasteiger charge is -2.10. The zero-order valence-electron chi connectivity index (χ0n) is 15.2. The summed E-state index contributed by atoms with van der Waals surface area (Å²) < 4.78 is 10.1. The van der Waals surface area contributed by atoms with Gasteiger partial charge in [0.2, 0.25) is 5.91 Å². The number of rotatable bonds is 7. The van der Waals surface area contributed by atoms with E-state index in [-0.39, 0.29) is 29.4 Å². The van der Waals surface area contributed by atoms with Gasteiger partial charge in [0.1, 0.15) is 16.8 Å². The highest BCUT2D eigenvalue weighted by molar-refractivity contribution is 8.00. The Morgan fingerprint density at radius 3 is 2.78 bits per heavy atom. The van der Waals surface area contributed by atoms with Gasteiger partial charge in [0.05, 0.1) is 36.3 Å². The fourth-order valence-electron chi connectivity index (χ4n) is 2.22. The van der Waals surface area contributed by atoms with Crippen LogP contribution < -0.4 is 10.1 Å². The van der Waals surface area contributed by atoms with Crippen LogP contribution in [0.4, 0.5) is 5.69 Å². The molecule has 1 heterocycles. The number of esters is 1. The van der Waals surface area contributed by atoms with E-state index in [1.807, 2.05) is 6.07 Å². The van der Waals surface area contributed by atoms with Crippen molar-refractivity contribution in [3.8, 4) is 11.8 Å². The molecule has 0 spiro atoms. The van der Waals surface area contributed by atoms with Crippen molar-refractivity contribution >= 4 is 29.3 Å². The third-order valence-electron chi connectivity index (χ3n) is 3.49. The minimum atomic E-state index is -0.522. The van der Waals surface area contributed by atoms with Crippen LogP contribution in [0, 0.1) is 18.3 Å².